The zero-order valence-electron chi connectivity index (χ0n) is 6.56. The third-order valence-electron chi connectivity index (χ3n) is 1.56. The highest BCUT2D eigenvalue weighted by Gasteiger charge is 2.09. The van der Waals surface area contributed by atoms with Gasteiger partial charge in [-0.2, -0.15) is 0 Å². The number of halogens is 1. The third-order valence-corrected chi connectivity index (χ3v) is 2.25. The number of fused-ring (bicyclic) bond motifs is 1. The fraction of sp³-hybridized carbons (Fsp3) is 0. The van der Waals surface area contributed by atoms with Gasteiger partial charge in [0.1, 0.15) is 0 Å². The molecule has 0 amide bonds. The molecule has 0 bridgehead atoms. The summed E-state index contributed by atoms with van der Waals surface area (Å²) in [5.41, 5.74) is 0.878. The number of aromatic nitrogens is 2. The van der Waals surface area contributed by atoms with Crippen molar-refractivity contribution in [3.8, 4) is 0 Å². The number of hydrogen-bond donors (Lipinski definition) is 1. The molecule has 0 fully saturated rings. The van der Waals surface area contributed by atoms with Gasteiger partial charge in [0.05, 0.1) is 10.7 Å². The number of anilines is 1. The molecule has 0 radical (unpaired) electrons. The van der Waals surface area contributed by atoms with Crippen molar-refractivity contribution in [3.63, 3.8) is 0 Å². The van der Waals surface area contributed by atoms with Gasteiger partial charge in [-0.25, -0.2) is 4.63 Å². The smallest absolute Gasteiger partial charge is 0.160 e. The highest BCUT2D eigenvalue weighted by Crippen LogP contribution is 2.26. The monoisotopic (exact) mass is 232 g/mol. The average molecular weight is 233 g/mol. The molecule has 8 heteroatoms. The Morgan fingerprint density at radius 2 is 2.14 bits per heavy atom. The van der Waals surface area contributed by atoms with Gasteiger partial charge in [0.2, 0.25) is 0 Å². The molecule has 1 atom stereocenters. The van der Waals surface area contributed by atoms with Crippen LogP contribution >= 0.6 is 11.6 Å². The molecular formula is C6H3ClN3O3S-. The third kappa shape index (κ3) is 1.57. The number of nitrogens with zero attached hydrogens (tertiary/aromatic N) is 2. The molecule has 1 N–H and O–H groups in total. The van der Waals surface area contributed by atoms with Crippen LogP contribution in [0.3, 0.4) is 0 Å². The molecule has 0 aliphatic rings. The van der Waals surface area contributed by atoms with E-state index in [1.807, 2.05) is 0 Å². The van der Waals surface area contributed by atoms with E-state index in [4.69, 9.17) is 11.6 Å². The predicted molar refractivity (Wildman–Crippen MR) is 49.4 cm³/mol. The highest BCUT2D eigenvalue weighted by atomic mass is 35.5. The van der Waals surface area contributed by atoms with Crippen molar-refractivity contribution < 1.29 is 13.4 Å². The lowest BCUT2D eigenvalue weighted by atomic mass is 10.3. The standard InChI is InChI=1S/C6H4ClN3O3S/c7-3-1-2-4(10-14(11)12)6-5(3)8-13-9-6/h1-2,10H,(H,11,12)/p-1. The van der Waals surface area contributed by atoms with Crippen LogP contribution in [0.2, 0.25) is 5.02 Å². The van der Waals surface area contributed by atoms with Crippen LogP contribution in [0.4, 0.5) is 5.69 Å². The largest absolute Gasteiger partial charge is 0.755 e. The molecule has 0 spiro atoms. The minimum absolute atomic E-state index is 0.277. The maximum absolute atomic E-state index is 10.4. The molecule has 1 heterocycles. The molecule has 0 saturated heterocycles. The van der Waals surface area contributed by atoms with E-state index in [2.05, 4.69) is 19.7 Å². The second-order valence-corrected chi connectivity index (χ2v) is 3.47. The van der Waals surface area contributed by atoms with Gasteiger partial charge in [0.15, 0.2) is 11.0 Å². The van der Waals surface area contributed by atoms with Crippen LogP contribution in [0.1, 0.15) is 0 Å². The van der Waals surface area contributed by atoms with Crippen molar-refractivity contribution in [2.45, 2.75) is 0 Å². The first-order valence-corrected chi connectivity index (χ1v) is 4.90. The molecule has 2 aromatic rings. The number of hydrogen-bond acceptors (Lipinski definition) is 5. The predicted octanol–water partition coefficient (Wildman–Crippen LogP) is 1.08. The lowest BCUT2D eigenvalue weighted by molar-refractivity contribution is 0.315. The Bertz CT molecular complexity index is 500. The van der Waals surface area contributed by atoms with E-state index in [1.165, 1.54) is 12.1 Å². The van der Waals surface area contributed by atoms with Crippen LogP contribution in [0, 0.1) is 0 Å². The molecule has 74 valence electrons. The topological polar surface area (TPSA) is 91.1 Å². The maximum atomic E-state index is 10.4. The van der Waals surface area contributed by atoms with E-state index in [-0.39, 0.29) is 11.2 Å². The Labute approximate surface area is 85.6 Å². The van der Waals surface area contributed by atoms with Crippen LogP contribution in [0.15, 0.2) is 16.8 Å². The molecule has 1 aromatic heterocycles. The molecule has 0 aliphatic carbocycles. The van der Waals surface area contributed by atoms with E-state index >= 15 is 0 Å². The molecule has 1 unspecified atom stereocenters. The Hall–Kier alpha value is -1.18. The highest BCUT2D eigenvalue weighted by molar-refractivity contribution is 7.80. The molecular weight excluding hydrogens is 230 g/mol. The average Bonchev–Trinajstić information content (AvgIpc) is 2.58. The van der Waals surface area contributed by atoms with Crippen LogP contribution in [0.25, 0.3) is 11.0 Å². The van der Waals surface area contributed by atoms with Crippen LogP contribution < -0.4 is 4.72 Å². The Kier molecular flexibility index (Phi) is 2.36. The molecule has 2 rings (SSSR count). The first kappa shape index (κ1) is 9.38. The van der Waals surface area contributed by atoms with Gasteiger partial charge in [-0.15, -0.1) is 0 Å². The second kappa shape index (κ2) is 3.52. The van der Waals surface area contributed by atoms with Gasteiger partial charge in [0.25, 0.3) is 0 Å². The minimum Gasteiger partial charge on any atom is -0.755 e. The van der Waals surface area contributed by atoms with Crippen molar-refractivity contribution in [3.05, 3.63) is 17.2 Å². The van der Waals surface area contributed by atoms with Gasteiger partial charge in [-0.3, -0.25) is 4.21 Å². The van der Waals surface area contributed by atoms with Crippen molar-refractivity contribution in [1.29, 1.82) is 0 Å². The van der Waals surface area contributed by atoms with Gasteiger partial charge in [-0.05, 0) is 22.4 Å². The summed E-state index contributed by atoms with van der Waals surface area (Å²) in [5.74, 6) is 0. The normalized spacial score (nSPS) is 13.0. The summed E-state index contributed by atoms with van der Waals surface area (Å²) < 4.78 is 27.4. The molecule has 1 aromatic carbocycles. The summed E-state index contributed by atoms with van der Waals surface area (Å²) in [6.45, 7) is 0. The zero-order valence-corrected chi connectivity index (χ0v) is 8.13. The van der Waals surface area contributed by atoms with Crippen molar-refractivity contribution in [2.75, 3.05) is 4.72 Å². The second-order valence-electron chi connectivity index (χ2n) is 2.39. The van der Waals surface area contributed by atoms with Crippen LogP contribution in [-0.4, -0.2) is 19.1 Å². The van der Waals surface area contributed by atoms with Gasteiger partial charge in [0, 0.05) is 11.3 Å². The maximum Gasteiger partial charge on any atom is 0.160 e. The lowest BCUT2D eigenvalue weighted by Crippen LogP contribution is -2.02. The number of benzene rings is 1. The Morgan fingerprint density at radius 3 is 2.86 bits per heavy atom. The van der Waals surface area contributed by atoms with E-state index in [9.17, 15) is 8.76 Å². The molecule has 0 saturated carbocycles. The molecule has 6 nitrogen and oxygen atoms in total. The van der Waals surface area contributed by atoms with Crippen LogP contribution in [-0.2, 0) is 11.3 Å². The van der Waals surface area contributed by atoms with E-state index in [1.54, 1.807) is 0 Å². The quantitative estimate of drug-likeness (QED) is 0.783. The van der Waals surface area contributed by atoms with Crippen LogP contribution in [0.5, 0.6) is 0 Å². The summed E-state index contributed by atoms with van der Waals surface area (Å²) in [6, 6.07) is 2.98. The van der Waals surface area contributed by atoms with E-state index in [0.29, 0.717) is 10.5 Å². The SMILES string of the molecule is O=S([O-])Nc1ccc(Cl)c2nonc12. The van der Waals surface area contributed by atoms with Gasteiger partial charge in [-0.1, -0.05) is 11.6 Å². The summed E-state index contributed by atoms with van der Waals surface area (Å²) in [4.78, 5) is 0. The Morgan fingerprint density at radius 1 is 1.43 bits per heavy atom. The molecule has 0 aliphatic heterocycles. The number of nitrogens with one attached hydrogen (secondary N) is 1. The summed E-state index contributed by atoms with van der Waals surface area (Å²) in [6.07, 6.45) is 0. The first-order valence-electron chi connectivity index (χ1n) is 3.45. The van der Waals surface area contributed by atoms with Crippen molar-refractivity contribution in [2.24, 2.45) is 0 Å². The number of rotatable bonds is 2. The summed E-state index contributed by atoms with van der Waals surface area (Å²) >= 11 is 3.35. The molecule has 14 heavy (non-hydrogen) atoms. The summed E-state index contributed by atoms with van der Waals surface area (Å²) in [5, 5.41) is 7.40. The van der Waals surface area contributed by atoms with Gasteiger partial charge < -0.3 is 9.27 Å². The first-order chi connectivity index (χ1) is 6.68. The fourth-order valence-electron chi connectivity index (χ4n) is 1.01. The lowest BCUT2D eigenvalue weighted by Gasteiger charge is -2.07. The van der Waals surface area contributed by atoms with Crippen molar-refractivity contribution in [1.82, 2.24) is 10.3 Å². The fourth-order valence-corrected chi connectivity index (χ4v) is 1.54. The Balaban J connectivity index is 2.60. The van der Waals surface area contributed by atoms with E-state index in [0.717, 1.165) is 0 Å². The van der Waals surface area contributed by atoms with E-state index < -0.39 is 11.3 Å². The van der Waals surface area contributed by atoms with Crippen molar-refractivity contribution >= 4 is 39.6 Å². The minimum atomic E-state index is -2.42. The zero-order chi connectivity index (χ0) is 10.1. The summed E-state index contributed by atoms with van der Waals surface area (Å²) in [7, 11) is 0. The van der Waals surface area contributed by atoms with Gasteiger partial charge >= 0.3 is 0 Å².